The van der Waals surface area contributed by atoms with E-state index in [1.165, 1.54) is 33.8 Å². The second kappa shape index (κ2) is 10.1. The van der Waals surface area contributed by atoms with Crippen LogP contribution in [0.3, 0.4) is 0 Å². The highest BCUT2D eigenvalue weighted by molar-refractivity contribution is 7.23. The first-order valence-electron chi connectivity index (χ1n) is 14.1. The molecule has 2 aromatic rings. The standard InChI is InChI=1S/C32H48O2Si4/c1-31(2,3)37(9,10)33-27-21-23-17-13-15-19-25(23)29(27)36(35(7)8)30-26-20-16-14-18-24(26)22-28(30)34-38(11,12)32(4,5)6/h13-22,29-30H,1-12H3. The first-order chi connectivity index (χ1) is 17.4. The summed E-state index contributed by atoms with van der Waals surface area (Å²) in [6.45, 7) is 28.7. The molecule has 0 N–H and O–H groups in total. The van der Waals surface area contributed by atoms with Gasteiger partial charge in [0, 0.05) is 19.4 Å². The van der Waals surface area contributed by atoms with E-state index in [1.54, 1.807) is 0 Å². The predicted molar refractivity (Wildman–Crippen MR) is 174 cm³/mol. The molecule has 2 aromatic carbocycles. The van der Waals surface area contributed by atoms with E-state index in [0.29, 0.717) is 11.1 Å². The Hall–Kier alpha value is -1.61. The molecule has 0 saturated carbocycles. The van der Waals surface area contributed by atoms with E-state index < -0.39 is 33.3 Å². The average Bonchev–Trinajstić information content (AvgIpc) is 3.30. The second-order valence-electron chi connectivity index (χ2n) is 14.4. The molecule has 2 radical (unpaired) electrons. The Morgan fingerprint density at radius 2 is 0.947 bits per heavy atom. The van der Waals surface area contributed by atoms with Gasteiger partial charge in [-0.2, -0.15) is 0 Å². The van der Waals surface area contributed by atoms with Crippen molar-refractivity contribution in [1.82, 2.24) is 0 Å². The largest absolute Gasteiger partial charge is 0.546 e. The average molecular weight is 577 g/mol. The van der Waals surface area contributed by atoms with Gasteiger partial charge in [0.1, 0.15) is 0 Å². The van der Waals surface area contributed by atoms with Crippen LogP contribution in [-0.4, -0.2) is 33.3 Å². The third-order valence-electron chi connectivity index (χ3n) is 9.34. The highest BCUT2D eigenvalue weighted by atomic mass is 29.2. The molecule has 2 nitrogen and oxygen atoms in total. The van der Waals surface area contributed by atoms with Crippen molar-refractivity contribution in [1.29, 1.82) is 0 Å². The molecule has 4 rings (SSSR count). The number of fused-ring (bicyclic) bond motifs is 2. The molecule has 2 aliphatic rings. The lowest BCUT2D eigenvalue weighted by atomic mass is 10.1. The Labute approximate surface area is 237 Å². The number of rotatable bonds is 7. The molecular weight excluding hydrogens is 529 g/mol. The van der Waals surface area contributed by atoms with Crippen LogP contribution in [0, 0.1) is 0 Å². The van der Waals surface area contributed by atoms with E-state index >= 15 is 0 Å². The van der Waals surface area contributed by atoms with Gasteiger partial charge in [0.25, 0.3) is 0 Å². The summed E-state index contributed by atoms with van der Waals surface area (Å²) in [6.07, 6.45) is 4.77. The van der Waals surface area contributed by atoms with Gasteiger partial charge < -0.3 is 8.85 Å². The fourth-order valence-electron chi connectivity index (χ4n) is 5.05. The Balaban J connectivity index is 1.85. The Morgan fingerprint density at radius 1 is 0.605 bits per heavy atom. The summed E-state index contributed by atoms with van der Waals surface area (Å²) in [7, 11) is -5.69. The topological polar surface area (TPSA) is 18.5 Å². The molecule has 0 bridgehead atoms. The molecule has 204 valence electrons. The first kappa shape index (κ1) is 29.4. The van der Waals surface area contributed by atoms with E-state index in [4.69, 9.17) is 8.85 Å². The zero-order valence-electron chi connectivity index (χ0n) is 25.7. The molecule has 0 heterocycles. The molecule has 0 fully saturated rings. The van der Waals surface area contributed by atoms with Gasteiger partial charge in [-0.15, -0.1) is 0 Å². The van der Waals surface area contributed by atoms with Crippen LogP contribution in [0.1, 0.15) is 74.9 Å². The van der Waals surface area contributed by atoms with Gasteiger partial charge >= 0.3 is 0 Å². The maximum absolute atomic E-state index is 7.22. The van der Waals surface area contributed by atoms with Crippen LogP contribution in [0.25, 0.3) is 12.2 Å². The highest BCUT2D eigenvalue weighted by Gasteiger charge is 2.50. The molecule has 0 spiro atoms. The number of allylic oxidation sites excluding steroid dienone is 2. The summed E-state index contributed by atoms with van der Waals surface area (Å²) in [5, 5.41) is 0.311. The minimum absolute atomic E-state index is 0.156. The van der Waals surface area contributed by atoms with Gasteiger partial charge in [-0.05, 0) is 70.7 Å². The predicted octanol–water partition coefficient (Wildman–Crippen LogP) is 9.71. The van der Waals surface area contributed by atoms with Crippen molar-refractivity contribution in [3.63, 3.8) is 0 Å². The molecule has 0 aromatic heterocycles. The third kappa shape index (κ3) is 5.38. The van der Waals surface area contributed by atoms with Crippen molar-refractivity contribution in [2.75, 3.05) is 0 Å². The van der Waals surface area contributed by atoms with Gasteiger partial charge in [-0.1, -0.05) is 103 Å². The Kier molecular flexibility index (Phi) is 7.80. The molecule has 0 aliphatic heterocycles. The van der Waals surface area contributed by atoms with Crippen molar-refractivity contribution in [2.24, 2.45) is 0 Å². The van der Waals surface area contributed by atoms with Crippen molar-refractivity contribution in [2.45, 2.75) is 102 Å². The van der Waals surface area contributed by atoms with E-state index in [-0.39, 0.29) is 10.1 Å². The van der Waals surface area contributed by atoms with Crippen molar-refractivity contribution >= 4 is 45.4 Å². The number of benzene rings is 2. The zero-order valence-corrected chi connectivity index (χ0v) is 29.7. The van der Waals surface area contributed by atoms with Gasteiger partial charge in [0.2, 0.25) is 16.6 Å². The smallest absolute Gasteiger partial charge is 0.250 e. The van der Waals surface area contributed by atoms with Crippen LogP contribution in [0.5, 0.6) is 0 Å². The summed E-state index contributed by atoms with van der Waals surface area (Å²) >= 11 is 0. The zero-order chi connectivity index (χ0) is 28.3. The van der Waals surface area contributed by atoms with E-state index in [0.717, 1.165) is 0 Å². The van der Waals surface area contributed by atoms with E-state index in [9.17, 15) is 0 Å². The van der Waals surface area contributed by atoms with E-state index in [2.05, 4.69) is 142 Å². The van der Waals surface area contributed by atoms with Crippen LogP contribution >= 0.6 is 0 Å². The normalized spacial score (nSPS) is 19.8. The fraction of sp³-hybridized carbons (Fsp3) is 0.500. The van der Waals surface area contributed by atoms with Crippen LogP contribution < -0.4 is 0 Å². The summed E-state index contributed by atoms with van der Waals surface area (Å²) in [5.41, 5.74) is 6.32. The quantitative estimate of drug-likeness (QED) is 0.305. The molecule has 2 aliphatic carbocycles. The van der Waals surface area contributed by atoms with Crippen molar-refractivity contribution in [3.05, 3.63) is 82.3 Å². The number of hydrogen-bond acceptors (Lipinski definition) is 2. The van der Waals surface area contributed by atoms with Crippen molar-refractivity contribution < 1.29 is 8.85 Å². The van der Waals surface area contributed by atoms with E-state index in [1.807, 2.05) is 0 Å². The SMILES string of the molecule is C[Si](C)[Si](C1C(O[Si](C)(C)C(C)(C)C)=Cc2ccccc21)C1C(O[Si](C)(C)C(C)(C)C)=Cc2ccccc21. The van der Waals surface area contributed by atoms with Gasteiger partial charge in [0.15, 0.2) is 0 Å². The molecule has 0 saturated heterocycles. The second-order valence-corrected chi connectivity index (χ2v) is 32.6. The molecule has 2 unspecified atom stereocenters. The maximum atomic E-state index is 7.22. The van der Waals surface area contributed by atoms with Crippen LogP contribution in [-0.2, 0) is 8.85 Å². The summed E-state index contributed by atoms with van der Waals surface area (Å²) in [4.78, 5) is 0. The summed E-state index contributed by atoms with van der Waals surface area (Å²) in [6, 6.07) is 18.1. The monoisotopic (exact) mass is 576 g/mol. The highest BCUT2D eigenvalue weighted by Crippen LogP contribution is 2.51. The lowest BCUT2D eigenvalue weighted by Gasteiger charge is -2.42. The van der Waals surface area contributed by atoms with Gasteiger partial charge in [0.05, 0.1) is 19.8 Å². The molecule has 6 heteroatoms. The number of hydrogen-bond donors (Lipinski definition) is 0. The van der Waals surface area contributed by atoms with Crippen LogP contribution in [0.2, 0.25) is 49.4 Å². The lowest BCUT2D eigenvalue weighted by Crippen LogP contribution is -2.48. The molecule has 38 heavy (non-hydrogen) atoms. The maximum Gasteiger partial charge on any atom is 0.250 e. The molecule has 2 atom stereocenters. The lowest BCUT2D eigenvalue weighted by molar-refractivity contribution is 0.369. The van der Waals surface area contributed by atoms with Gasteiger partial charge in [-0.25, -0.2) is 0 Å². The van der Waals surface area contributed by atoms with Crippen LogP contribution in [0.4, 0.5) is 0 Å². The first-order valence-corrected chi connectivity index (χ1v) is 25.1. The van der Waals surface area contributed by atoms with Crippen LogP contribution in [0.15, 0.2) is 60.0 Å². The Morgan fingerprint density at radius 3 is 1.26 bits per heavy atom. The Bertz CT molecular complexity index is 1150. The van der Waals surface area contributed by atoms with Gasteiger partial charge in [-0.3, -0.25) is 0 Å². The minimum Gasteiger partial charge on any atom is -0.546 e. The summed E-state index contributed by atoms with van der Waals surface area (Å²) in [5.74, 6) is 2.46. The minimum atomic E-state index is -2.00. The molecule has 0 amide bonds. The van der Waals surface area contributed by atoms with Crippen molar-refractivity contribution in [3.8, 4) is 0 Å². The summed E-state index contributed by atoms with van der Waals surface area (Å²) < 4.78 is 14.4. The third-order valence-corrected chi connectivity index (χ3v) is 26.8. The fourth-order valence-corrected chi connectivity index (χ4v) is 16.3. The molecular formula is C32H48O2Si4.